The lowest BCUT2D eigenvalue weighted by Crippen LogP contribution is -2.20. The van der Waals surface area contributed by atoms with E-state index in [4.69, 9.17) is 9.47 Å². The van der Waals surface area contributed by atoms with Crippen LogP contribution in [0.3, 0.4) is 0 Å². The zero-order chi connectivity index (χ0) is 12.0. The molecule has 0 spiro atoms. The molecule has 1 aromatic heterocycles. The third-order valence-electron chi connectivity index (χ3n) is 2.25. The van der Waals surface area contributed by atoms with Crippen molar-refractivity contribution >= 4 is 17.6 Å². The number of aryl methyl sites for hydroxylation is 1. The van der Waals surface area contributed by atoms with Crippen LogP contribution in [0, 0.1) is 6.92 Å². The third kappa shape index (κ3) is 3.70. The quantitative estimate of drug-likeness (QED) is 0.545. The fraction of sp³-hybridized carbons (Fsp3) is 0.583. The maximum Gasteiger partial charge on any atom is 0.161 e. The lowest BCUT2D eigenvalue weighted by molar-refractivity contribution is -0.134. The molecule has 0 bridgehead atoms. The molecule has 0 saturated carbocycles. The lowest BCUT2D eigenvalue weighted by atomic mass is 10.2. The van der Waals surface area contributed by atoms with Gasteiger partial charge in [-0.1, -0.05) is 0 Å². The lowest BCUT2D eigenvalue weighted by Gasteiger charge is -2.16. The molecule has 90 valence electrons. The fourth-order valence-corrected chi connectivity index (χ4v) is 2.40. The van der Waals surface area contributed by atoms with Crippen molar-refractivity contribution < 1.29 is 14.3 Å². The Kier molecular flexibility index (Phi) is 5.66. The summed E-state index contributed by atoms with van der Waals surface area (Å²) in [5.41, 5.74) is 1.14. The van der Waals surface area contributed by atoms with Gasteiger partial charge >= 0.3 is 0 Å². The van der Waals surface area contributed by atoms with Gasteiger partial charge < -0.3 is 9.47 Å². The van der Waals surface area contributed by atoms with Gasteiger partial charge in [0.05, 0.1) is 4.88 Å². The van der Waals surface area contributed by atoms with Gasteiger partial charge in [-0.15, -0.1) is 11.3 Å². The number of thiophene rings is 1. The normalized spacial score (nSPS) is 11.0. The Labute approximate surface area is 100 Å². The van der Waals surface area contributed by atoms with Gasteiger partial charge in [0.1, 0.15) is 0 Å². The van der Waals surface area contributed by atoms with Gasteiger partial charge in [0.15, 0.2) is 12.6 Å². The molecule has 1 rings (SSSR count). The first kappa shape index (κ1) is 13.4. The highest BCUT2D eigenvalue weighted by molar-refractivity contribution is 7.13. The number of hydrogen-bond donors (Lipinski definition) is 0. The van der Waals surface area contributed by atoms with Crippen LogP contribution in [0.15, 0.2) is 6.07 Å². The molecule has 0 saturated heterocycles. The summed E-state index contributed by atoms with van der Waals surface area (Å²) in [5.74, 6) is 0. The van der Waals surface area contributed by atoms with Gasteiger partial charge in [-0.3, -0.25) is 4.79 Å². The minimum atomic E-state index is -0.206. The van der Waals surface area contributed by atoms with E-state index in [1.54, 1.807) is 0 Å². The predicted molar refractivity (Wildman–Crippen MR) is 65.2 cm³/mol. The number of ether oxygens (including phenoxy) is 2. The molecular formula is C12H18O3S. The fourth-order valence-electron chi connectivity index (χ4n) is 1.52. The van der Waals surface area contributed by atoms with E-state index in [-0.39, 0.29) is 6.29 Å². The van der Waals surface area contributed by atoms with Crippen molar-refractivity contribution in [3.8, 4) is 0 Å². The minimum Gasteiger partial charge on any atom is -0.353 e. The van der Waals surface area contributed by atoms with E-state index in [1.807, 2.05) is 26.8 Å². The molecule has 0 atom stereocenters. The van der Waals surface area contributed by atoms with Crippen LogP contribution >= 0.6 is 11.3 Å². The minimum absolute atomic E-state index is 0.206. The molecule has 0 N–H and O–H groups in total. The summed E-state index contributed by atoms with van der Waals surface area (Å²) in [6.45, 7) is 7.18. The first-order chi connectivity index (χ1) is 7.71. The van der Waals surface area contributed by atoms with Crippen LogP contribution in [0.2, 0.25) is 0 Å². The molecule has 3 nitrogen and oxygen atoms in total. The smallest absolute Gasteiger partial charge is 0.161 e. The van der Waals surface area contributed by atoms with Gasteiger partial charge in [0.25, 0.3) is 0 Å². The molecule has 0 radical (unpaired) electrons. The summed E-state index contributed by atoms with van der Waals surface area (Å²) in [6, 6.07) is 1.91. The van der Waals surface area contributed by atoms with Crippen LogP contribution in [0.5, 0.6) is 0 Å². The molecule has 0 fully saturated rings. The van der Waals surface area contributed by atoms with Crippen molar-refractivity contribution in [1.82, 2.24) is 0 Å². The Morgan fingerprint density at radius 2 is 2.00 bits per heavy atom. The SMILES string of the molecule is CCOC(Cc1cc(C=O)sc1C)OCC. The molecule has 1 heterocycles. The van der Waals surface area contributed by atoms with E-state index in [1.165, 1.54) is 11.3 Å². The van der Waals surface area contributed by atoms with Gasteiger partial charge in [-0.25, -0.2) is 0 Å². The summed E-state index contributed by atoms with van der Waals surface area (Å²) >= 11 is 1.51. The van der Waals surface area contributed by atoms with E-state index in [9.17, 15) is 4.79 Å². The first-order valence-corrected chi connectivity index (χ1v) is 6.30. The zero-order valence-electron chi connectivity index (χ0n) is 9.99. The predicted octanol–water partition coefficient (Wildman–Crippen LogP) is 2.81. The molecule has 0 unspecified atom stereocenters. The standard InChI is InChI=1S/C12H18O3S/c1-4-14-12(15-5-2)7-10-6-11(8-13)16-9(10)3/h6,8,12H,4-5,7H2,1-3H3. The van der Waals surface area contributed by atoms with E-state index >= 15 is 0 Å². The molecule has 1 aromatic rings. The maximum atomic E-state index is 10.7. The molecule has 0 aliphatic heterocycles. The van der Waals surface area contributed by atoms with Crippen LogP contribution < -0.4 is 0 Å². The van der Waals surface area contributed by atoms with E-state index in [2.05, 4.69) is 0 Å². The number of carbonyl (C=O) groups excluding carboxylic acids is 1. The van der Waals surface area contributed by atoms with Crippen LogP contribution in [-0.4, -0.2) is 25.8 Å². The Morgan fingerprint density at radius 3 is 2.44 bits per heavy atom. The molecule has 0 amide bonds. The highest BCUT2D eigenvalue weighted by Crippen LogP contribution is 2.22. The van der Waals surface area contributed by atoms with Crippen LogP contribution in [0.25, 0.3) is 0 Å². The summed E-state index contributed by atoms with van der Waals surface area (Å²) in [4.78, 5) is 12.6. The molecule has 0 aliphatic rings. The van der Waals surface area contributed by atoms with Gasteiger partial charge in [-0.05, 0) is 32.4 Å². The number of hydrogen-bond acceptors (Lipinski definition) is 4. The van der Waals surface area contributed by atoms with Gasteiger partial charge in [0, 0.05) is 24.5 Å². The van der Waals surface area contributed by atoms with Crippen LogP contribution in [0.1, 0.15) is 34.0 Å². The van der Waals surface area contributed by atoms with Gasteiger partial charge in [-0.2, -0.15) is 0 Å². The van der Waals surface area contributed by atoms with Crippen molar-refractivity contribution in [2.45, 2.75) is 33.5 Å². The number of rotatable bonds is 7. The van der Waals surface area contributed by atoms with Crippen molar-refractivity contribution in [1.29, 1.82) is 0 Å². The maximum absolute atomic E-state index is 10.7. The second-order valence-corrected chi connectivity index (χ2v) is 4.68. The Hall–Kier alpha value is -0.710. The first-order valence-electron chi connectivity index (χ1n) is 5.48. The second-order valence-electron chi connectivity index (χ2n) is 3.39. The monoisotopic (exact) mass is 242 g/mol. The van der Waals surface area contributed by atoms with E-state index in [0.717, 1.165) is 21.6 Å². The zero-order valence-corrected chi connectivity index (χ0v) is 10.8. The summed E-state index contributed by atoms with van der Waals surface area (Å²) in [6.07, 6.45) is 1.39. The Balaban J connectivity index is 2.67. The molecule has 16 heavy (non-hydrogen) atoms. The average Bonchev–Trinajstić information content (AvgIpc) is 2.60. The number of aldehydes is 1. The van der Waals surface area contributed by atoms with Crippen molar-refractivity contribution in [2.24, 2.45) is 0 Å². The molecule has 0 aromatic carbocycles. The van der Waals surface area contributed by atoms with Gasteiger partial charge in [0.2, 0.25) is 0 Å². The van der Waals surface area contributed by atoms with Crippen LogP contribution in [0.4, 0.5) is 0 Å². The molecule has 0 aliphatic carbocycles. The summed E-state index contributed by atoms with van der Waals surface area (Å²) < 4.78 is 11.0. The highest BCUT2D eigenvalue weighted by Gasteiger charge is 2.13. The topological polar surface area (TPSA) is 35.5 Å². The summed E-state index contributed by atoms with van der Waals surface area (Å²) in [7, 11) is 0. The Morgan fingerprint density at radius 1 is 1.38 bits per heavy atom. The summed E-state index contributed by atoms with van der Waals surface area (Å²) in [5, 5.41) is 0. The third-order valence-corrected chi connectivity index (χ3v) is 3.27. The largest absolute Gasteiger partial charge is 0.353 e. The Bertz CT molecular complexity index is 327. The molecule has 4 heteroatoms. The van der Waals surface area contributed by atoms with Crippen molar-refractivity contribution in [2.75, 3.05) is 13.2 Å². The molecular weight excluding hydrogens is 224 g/mol. The van der Waals surface area contributed by atoms with E-state index in [0.29, 0.717) is 19.6 Å². The van der Waals surface area contributed by atoms with Crippen molar-refractivity contribution in [3.05, 3.63) is 21.4 Å². The highest BCUT2D eigenvalue weighted by atomic mass is 32.1. The van der Waals surface area contributed by atoms with Crippen molar-refractivity contribution in [3.63, 3.8) is 0 Å². The van der Waals surface area contributed by atoms with Crippen LogP contribution in [-0.2, 0) is 15.9 Å². The van der Waals surface area contributed by atoms with E-state index < -0.39 is 0 Å². The second kappa shape index (κ2) is 6.78. The average molecular weight is 242 g/mol. The number of carbonyl (C=O) groups is 1.